The molecule has 1 unspecified atom stereocenters. The molecular weight excluding hydrogens is 316 g/mol. The van der Waals surface area contributed by atoms with Gasteiger partial charge in [-0.25, -0.2) is 0 Å². The lowest BCUT2D eigenvalue weighted by molar-refractivity contribution is -0.132. The van der Waals surface area contributed by atoms with E-state index in [9.17, 15) is 4.79 Å². The number of ether oxygens (including phenoxy) is 1. The van der Waals surface area contributed by atoms with Crippen LogP contribution in [0.1, 0.15) is 37.1 Å². The van der Waals surface area contributed by atoms with Crippen molar-refractivity contribution < 1.29 is 9.53 Å². The van der Waals surface area contributed by atoms with Crippen LogP contribution in [0.4, 0.5) is 0 Å². The molecule has 0 bridgehead atoms. The van der Waals surface area contributed by atoms with E-state index < -0.39 is 0 Å². The van der Waals surface area contributed by atoms with Gasteiger partial charge in [0.25, 0.3) is 0 Å². The fourth-order valence-corrected chi connectivity index (χ4v) is 3.48. The zero-order valence-electron chi connectivity index (χ0n) is 15.0. The molecule has 0 aliphatic carbocycles. The molecule has 6 nitrogen and oxygen atoms in total. The number of aryl methyl sites for hydroxylation is 3. The first-order chi connectivity index (χ1) is 12.2. The van der Waals surface area contributed by atoms with Crippen LogP contribution < -0.4 is 4.74 Å². The minimum atomic E-state index is 0.260. The van der Waals surface area contributed by atoms with Crippen molar-refractivity contribution in [1.82, 2.24) is 19.7 Å². The number of carbonyl (C=O) groups excluding carboxylic acids is 1. The molecule has 0 saturated carbocycles. The van der Waals surface area contributed by atoms with E-state index >= 15 is 0 Å². The second-order valence-electron chi connectivity index (χ2n) is 6.63. The van der Waals surface area contributed by atoms with E-state index in [-0.39, 0.29) is 5.91 Å². The SMILES string of the molecule is COc1ccc(CCC(=O)N2CCCC2CCc2nncn2C)cc1. The summed E-state index contributed by atoms with van der Waals surface area (Å²) in [4.78, 5) is 14.7. The molecule has 25 heavy (non-hydrogen) atoms. The Morgan fingerprint density at radius 2 is 2.08 bits per heavy atom. The maximum atomic E-state index is 12.6. The first kappa shape index (κ1) is 17.5. The normalized spacial score (nSPS) is 17.0. The fourth-order valence-electron chi connectivity index (χ4n) is 3.48. The van der Waals surface area contributed by atoms with E-state index in [1.165, 1.54) is 5.56 Å². The summed E-state index contributed by atoms with van der Waals surface area (Å²) in [6.45, 7) is 0.880. The quantitative estimate of drug-likeness (QED) is 0.775. The van der Waals surface area contributed by atoms with Crippen LogP contribution in [0.3, 0.4) is 0 Å². The number of likely N-dealkylation sites (tertiary alicyclic amines) is 1. The van der Waals surface area contributed by atoms with Crippen molar-refractivity contribution >= 4 is 5.91 Å². The maximum Gasteiger partial charge on any atom is 0.223 e. The molecule has 1 saturated heterocycles. The summed E-state index contributed by atoms with van der Waals surface area (Å²) in [5.41, 5.74) is 1.17. The lowest BCUT2D eigenvalue weighted by Crippen LogP contribution is -2.36. The van der Waals surface area contributed by atoms with Gasteiger partial charge in [0.15, 0.2) is 0 Å². The number of hydrogen-bond donors (Lipinski definition) is 0. The predicted molar refractivity (Wildman–Crippen MR) is 95.4 cm³/mol. The van der Waals surface area contributed by atoms with Gasteiger partial charge in [0, 0.05) is 32.5 Å². The van der Waals surface area contributed by atoms with Crippen molar-refractivity contribution in [1.29, 1.82) is 0 Å². The van der Waals surface area contributed by atoms with Crippen molar-refractivity contribution in [3.63, 3.8) is 0 Å². The monoisotopic (exact) mass is 342 g/mol. The third kappa shape index (κ3) is 4.38. The third-order valence-electron chi connectivity index (χ3n) is 4.99. The standard InChI is InChI=1S/C19H26N4O2/c1-22-14-20-21-18(22)11-8-16-4-3-13-23(16)19(24)12-7-15-5-9-17(25-2)10-6-15/h5-6,9-10,14,16H,3-4,7-8,11-13H2,1-2H3. The van der Waals surface area contributed by atoms with Crippen molar-refractivity contribution in [2.45, 2.75) is 44.6 Å². The van der Waals surface area contributed by atoms with E-state index in [0.29, 0.717) is 12.5 Å². The van der Waals surface area contributed by atoms with Gasteiger partial charge >= 0.3 is 0 Å². The average Bonchev–Trinajstić information content (AvgIpc) is 3.27. The summed E-state index contributed by atoms with van der Waals surface area (Å²) in [6, 6.07) is 8.28. The third-order valence-corrected chi connectivity index (χ3v) is 4.99. The van der Waals surface area contributed by atoms with Gasteiger partial charge in [0.1, 0.15) is 17.9 Å². The molecule has 6 heteroatoms. The highest BCUT2D eigenvalue weighted by Gasteiger charge is 2.28. The Morgan fingerprint density at radius 1 is 1.28 bits per heavy atom. The van der Waals surface area contributed by atoms with Crippen molar-refractivity contribution in [3.8, 4) is 5.75 Å². The number of hydrogen-bond acceptors (Lipinski definition) is 4. The van der Waals surface area contributed by atoms with Crippen LogP contribution in [0.15, 0.2) is 30.6 Å². The van der Waals surface area contributed by atoms with Crippen molar-refractivity contribution in [2.75, 3.05) is 13.7 Å². The van der Waals surface area contributed by atoms with Crippen LogP contribution in [-0.2, 0) is 24.7 Å². The lowest BCUT2D eigenvalue weighted by atomic mass is 10.1. The van der Waals surface area contributed by atoms with Crippen molar-refractivity contribution in [3.05, 3.63) is 42.0 Å². The summed E-state index contributed by atoms with van der Waals surface area (Å²) < 4.78 is 7.12. The molecule has 1 aromatic heterocycles. The summed E-state index contributed by atoms with van der Waals surface area (Å²) >= 11 is 0. The summed E-state index contributed by atoms with van der Waals surface area (Å²) in [6.07, 6.45) is 7.07. The molecular formula is C19H26N4O2. The Kier molecular flexibility index (Phi) is 5.68. The number of nitrogens with zero attached hydrogens (tertiary/aromatic N) is 4. The fraction of sp³-hybridized carbons (Fsp3) is 0.526. The summed E-state index contributed by atoms with van der Waals surface area (Å²) in [5.74, 6) is 2.09. The average molecular weight is 342 g/mol. The molecule has 1 aromatic carbocycles. The number of rotatable bonds is 7. The number of benzene rings is 1. The van der Waals surface area contributed by atoms with Crippen LogP contribution in [-0.4, -0.2) is 45.3 Å². The predicted octanol–water partition coefficient (Wildman–Crippen LogP) is 2.38. The maximum absolute atomic E-state index is 12.6. The second kappa shape index (κ2) is 8.14. The van der Waals surface area contributed by atoms with Gasteiger partial charge in [0.05, 0.1) is 7.11 Å². The summed E-state index contributed by atoms with van der Waals surface area (Å²) in [5, 5.41) is 8.06. The molecule has 0 radical (unpaired) electrons. The highest BCUT2D eigenvalue weighted by molar-refractivity contribution is 5.77. The highest BCUT2D eigenvalue weighted by Crippen LogP contribution is 2.23. The minimum Gasteiger partial charge on any atom is -0.497 e. The van der Waals surface area contributed by atoms with Crippen molar-refractivity contribution in [2.24, 2.45) is 7.05 Å². The van der Waals surface area contributed by atoms with Gasteiger partial charge in [-0.15, -0.1) is 10.2 Å². The van der Waals surface area contributed by atoms with Crippen LogP contribution in [0.25, 0.3) is 0 Å². The molecule has 1 aliphatic heterocycles. The second-order valence-corrected chi connectivity index (χ2v) is 6.63. The van der Waals surface area contributed by atoms with Gasteiger partial charge in [-0.2, -0.15) is 0 Å². The van der Waals surface area contributed by atoms with Crippen LogP contribution >= 0.6 is 0 Å². The molecule has 1 aliphatic rings. The van der Waals surface area contributed by atoms with E-state index in [2.05, 4.69) is 15.1 Å². The molecule has 1 fully saturated rings. The van der Waals surface area contributed by atoms with E-state index in [0.717, 1.165) is 50.2 Å². The van der Waals surface area contributed by atoms with Crippen LogP contribution in [0, 0.1) is 0 Å². The van der Waals surface area contributed by atoms with Crippen LogP contribution in [0.5, 0.6) is 5.75 Å². The molecule has 0 N–H and O–H groups in total. The zero-order chi connectivity index (χ0) is 17.6. The number of methoxy groups -OCH3 is 1. The molecule has 1 atom stereocenters. The largest absolute Gasteiger partial charge is 0.497 e. The smallest absolute Gasteiger partial charge is 0.223 e. The Hall–Kier alpha value is -2.37. The molecule has 0 spiro atoms. The Labute approximate surface area is 148 Å². The Morgan fingerprint density at radius 3 is 2.76 bits per heavy atom. The molecule has 2 heterocycles. The summed E-state index contributed by atoms with van der Waals surface area (Å²) in [7, 11) is 3.62. The molecule has 1 amide bonds. The van der Waals surface area contributed by atoms with Gasteiger partial charge in [-0.05, 0) is 43.4 Å². The minimum absolute atomic E-state index is 0.260. The lowest BCUT2D eigenvalue weighted by Gasteiger charge is -2.24. The van der Waals surface area contributed by atoms with E-state index in [4.69, 9.17) is 4.74 Å². The Balaban J connectivity index is 1.50. The topological polar surface area (TPSA) is 60.2 Å². The zero-order valence-corrected chi connectivity index (χ0v) is 15.0. The number of carbonyl (C=O) groups is 1. The van der Waals surface area contributed by atoms with Gasteiger partial charge in [0.2, 0.25) is 5.91 Å². The van der Waals surface area contributed by atoms with Gasteiger partial charge in [-0.3, -0.25) is 4.79 Å². The van der Waals surface area contributed by atoms with E-state index in [1.807, 2.05) is 35.9 Å². The first-order valence-electron chi connectivity index (χ1n) is 8.92. The molecule has 3 rings (SSSR count). The van der Waals surface area contributed by atoms with Gasteiger partial charge < -0.3 is 14.2 Å². The molecule has 2 aromatic rings. The highest BCUT2D eigenvalue weighted by atomic mass is 16.5. The van der Waals surface area contributed by atoms with Gasteiger partial charge in [-0.1, -0.05) is 12.1 Å². The van der Waals surface area contributed by atoms with E-state index in [1.54, 1.807) is 13.4 Å². The number of aromatic nitrogens is 3. The van der Waals surface area contributed by atoms with Crippen LogP contribution in [0.2, 0.25) is 0 Å². The number of amides is 1. The first-order valence-corrected chi connectivity index (χ1v) is 8.92. The Bertz CT molecular complexity index is 696. The molecule has 134 valence electrons.